The van der Waals surface area contributed by atoms with Gasteiger partial charge in [0, 0.05) is 24.2 Å². The molecule has 164 valence electrons. The zero-order valence-corrected chi connectivity index (χ0v) is 18.8. The Kier molecular flexibility index (Phi) is 5.21. The zero-order valence-electron chi connectivity index (χ0n) is 18.0. The van der Waals surface area contributed by atoms with Gasteiger partial charge < -0.3 is 5.32 Å². The number of aryl methyl sites for hydroxylation is 1. The van der Waals surface area contributed by atoms with E-state index < -0.39 is 10.0 Å². The van der Waals surface area contributed by atoms with E-state index in [2.05, 4.69) is 5.32 Å². The molecule has 1 heterocycles. The second-order valence-electron chi connectivity index (χ2n) is 10.4. The molecule has 5 nitrogen and oxygen atoms in total. The molecule has 0 unspecified atom stereocenters. The van der Waals surface area contributed by atoms with Crippen molar-refractivity contribution in [3.63, 3.8) is 0 Å². The standard InChI is InChI=1S/C24H34N2O3S/c1-17-6-7-21(30(28,29)26-8-4-2-3-5-9-26)13-22(17)23(27)25-24-14-18-10-19(15-24)12-20(11-18)16-24/h6-7,13,18-20H,2-5,8-12,14-16H2,1H3,(H,25,27). The molecule has 1 aliphatic heterocycles. The smallest absolute Gasteiger partial charge is 0.252 e. The molecule has 6 heteroatoms. The van der Waals surface area contributed by atoms with Crippen LogP contribution in [0.5, 0.6) is 0 Å². The van der Waals surface area contributed by atoms with E-state index in [-0.39, 0.29) is 16.3 Å². The average Bonchev–Trinajstić information content (AvgIpc) is 2.96. The maximum Gasteiger partial charge on any atom is 0.252 e. The van der Waals surface area contributed by atoms with E-state index >= 15 is 0 Å². The van der Waals surface area contributed by atoms with Gasteiger partial charge in [-0.25, -0.2) is 8.42 Å². The summed E-state index contributed by atoms with van der Waals surface area (Å²) >= 11 is 0. The van der Waals surface area contributed by atoms with Crippen molar-refractivity contribution in [2.45, 2.75) is 81.6 Å². The van der Waals surface area contributed by atoms with Crippen molar-refractivity contribution in [2.24, 2.45) is 17.8 Å². The molecule has 6 rings (SSSR count). The minimum atomic E-state index is -3.56. The second-order valence-corrected chi connectivity index (χ2v) is 12.4. The number of amides is 1. The van der Waals surface area contributed by atoms with E-state index in [4.69, 9.17) is 0 Å². The number of nitrogens with zero attached hydrogens (tertiary/aromatic N) is 1. The second kappa shape index (κ2) is 7.63. The number of hydrogen-bond acceptors (Lipinski definition) is 3. The Morgan fingerprint density at radius 3 is 2.10 bits per heavy atom. The number of carbonyl (C=O) groups excluding carboxylic acids is 1. The molecule has 4 saturated carbocycles. The van der Waals surface area contributed by atoms with E-state index in [1.54, 1.807) is 22.5 Å². The zero-order chi connectivity index (χ0) is 20.9. The van der Waals surface area contributed by atoms with Gasteiger partial charge in [0.05, 0.1) is 4.90 Å². The van der Waals surface area contributed by atoms with Crippen LogP contribution in [-0.4, -0.2) is 37.3 Å². The van der Waals surface area contributed by atoms with Crippen LogP contribution in [0.25, 0.3) is 0 Å². The SMILES string of the molecule is Cc1ccc(S(=O)(=O)N2CCCCCC2)cc1C(=O)NC12CC3CC(CC(C3)C1)C2. The average molecular weight is 431 g/mol. The third kappa shape index (κ3) is 3.70. The van der Waals surface area contributed by atoms with Crippen LogP contribution in [0.4, 0.5) is 0 Å². The molecule has 0 atom stereocenters. The highest BCUT2D eigenvalue weighted by Crippen LogP contribution is 2.55. The number of sulfonamides is 1. The van der Waals surface area contributed by atoms with Crippen LogP contribution in [-0.2, 0) is 10.0 Å². The third-order valence-corrected chi connectivity index (χ3v) is 9.97. The van der Waals surface area contributed by atoms with Gasteiger partial charge in [-0.1, -0.05) is 18.9 Å². The summed E-state index contributed by atoms with van der Waals surface area (Å²) in [5.41, 5.74) is 1.28. The summed E-state index contributed by atoms with van der Waals surface area (Å²) in [6, 6.07) is 5.07. The fraction of sp³-hybridized carbons (Fsp3) is 0.708. The molecule has 0 aromatic heterocycles. The summed E-state index contributed by atoms with van der Waals surface area (Å²) < 4.78 is 28.1. The van der Waals surface area contributed by atoms with Crippen LogP contribution in [0.2, 0.25) is 0 Å². The number of rotatable bonds is 4. The normalized spacial score (nSPS) is 34.0. The lowest BCUT2D eigenvalue weighted by molar-refractivity contribution is -0.0167. The third-order valence-electron chi connectivity index (χ3n) is 8.07. The minimum Gasteiger partial charge on any atom is -0.347 e. The van der Waals surface area contributed by atoms with Gasteiger partial charge in [-0.3, -0.25) is 4.79 Å². The first-order chi connectivity index (χ1) is 14.3. The van der Waals surface area contributed by atoms with Gasteiger partial charge in [0.1, 0.15) is 0 Å². The number of nitrogens with one attached hydrogen (secondary N) is 1. The highest BCUT2D eigenvalue weighted by atomic mass is 32.2. The molecule has 0 radical (unpaired) electrons. The first-order valence-electron chi connectivity index (χ1n) is 11.8. The van der Waals surface area contributed by atoms with Crippen LogP contribution >= 0.6 is 0 Å². The number of carbonyl (C=O) groups is 1. The summed E-state index contributed by atoms with van der Waals surface area (Å²) in [4.78, 5) is 13.6. The van der Waals surface area contributed by atoms with Crippen LogP contribution in [0.15, 0.2) is 23.1 Å². The van der Waals surface area contributed by atoms with E-state index in [0.717, 1.165) is 68.3 Å². The molecule has 1 saturated heterocycles. The number of hydrogen-bond donors (Lipinski definition) is 1. The molecule has 5 fully saturated rings. The van der Waals surface area contributed by atoms with Crippen molar-refractivity contribution in [1.29, 1.82) is 0 Å². The highest BCUT2D eigenvalue weighted by molar-refractivity contribution is 7.89. The van der Waals surface area contributed by atoms with Crippen LogP contribution in [0.3, 0.4) is 0 Å². The molecule has 1 N–H and O–H groups in total. The van der Waals surface area contributed by atoms with Crippen molar-refractivity contribution < 1.29 is 13.2 Å². The summed E-state index contributed by atoms with van der Waals surface area (Å²) in [7, 11) is -3.56. The lowest BCUT2D eigenvalue weighted by atomic mass is 9.53. The van der Waals surface area contributed by atoms with E-state index in [1.807, 2.05) is 6.92 Å². The predicted molar refractivity (Wildman–Crippen MR) is 117 cm³/mol. The fourth-order valence-electron chi connectivity index (χ4n) is 7.01. The van der Waals surface area contributed by atoms with Crippen molar-refractivity contribution >= 4 is 15.9 Å². The first kappa shape index (κ1) is 20.5. The highest BCUT2D eigenvalue weighted by Gasteiger charge is 2.51. The lowest BCUT2D eigenvalue weighted by Crippen LogP contribution is -2.59. The van der Waals surface area contributed by atoms with E-state index in [1.165, 1.54) is 19.3 Å². The Morgan fingerprint density at radius 1 is 0.967 bits per heavy atom. The molecular formula is C24H34N2O3S. The summed E-state index contributed by atoms with van der Waals surface area (Å²) in [6.45, 7) is 3.05. The van der Waals surface area contributed by atoms with Crippen molar-refractivity contribution in [2.75, 3.05) is 13.1 Å². The molecule has 5 aliphatic rings. The van der Waals surface area contributed by atoms with Gasteiger partial charge in [0.15, 0.2) is 0 Å². The maximum absolute atomic E-state index is 13.3. The molecule has 4 aliphatic carbocycles. The fourth-order valence-corrected chi connectivity index (χ4v) is 8.55. The molecule has 30 heavy (non-hydrogen) atoms. The summed E-state index contributed by atoms with van der Waals surface area (Å²) in [5.74, 6) is 2.18. The Balaban J connectivity index is 1.39. The van der Waals surface area contributed by atoms with Crippen molar-refractivity contribution in [1.82, 2.24) is 9.62 Å². The molecule has 0 spiro atoms. The van der Waals surface area contributed by atoms with E-state index in [9.17, 15) is 13.2 Å². The lowest BCUT2D eigenvalue weighted by Gasteiger charge is -2.56. The minimum absolute atomic E-state index is 0.0715. The van der Waals surface area contributed by atoms with E-state index in [0.29, 0.717) is 18.7 Å². The summed E-state index contributed by atoms with van der Waals surface area (Å²) in [5, 5.41) is 3.40. The van der Waals surface area contributed by atoms with Crippen LogP contribution in [0.1, 0.15) is 80.1 Å². The molecular weight excluding hydrogens is 396 g/mol. The first-order valence-corrected chi connectivity index (χ1v) is 13.2. The van der Waals surface area contributed by atoms with Crippen molar-refractivity contribution in [3.05, 3.63) is 29.3 Å². The number of benzene rings is 1. The van der Waals surface area contributed by atoms with Gasteiger partial charge in [0.2, 0.25) is 10.0 Å². The van der Waals surface area contributed by atoms with Gasteiger partial charge >= 0.3 is 0 Å². The van der Waals surface area contributed by atoms with Gasteiger partial charge in [0.25, 0.3) is 5.91 Å². The molecule has 4 bridgehead atoms. The van der Waals surface area contributed by atoms with Gasteiger partial charge in [-0.05, 0) is 93.7 Å². The topological polar surface area (TPSA) is 66.5 Å². The Bertz CT molecular complexity index is 896. The Morgan fingerprint density at radius 2 is 1.53 bits per heavy atom. The van der Waals surface area contributed by atoms with Crippen LogP contribution in [0, 0.1) is 24.7 Å². The van der Waals surface area contributed by atoms with Crippen LogP contribution < -0.4 is 5.32 Å². The molecule has 1 aromatic carbocycles. The van der Waals surface area contributed by atoms with Crippen molar-refractivity contribution in [3.8, 4) is 0 Å². The Hall–Kier alpha value is -1.40. The van der Waals surface area contributed by atoms with Gasteiger partial charge in [-0.2, -0.15) is 4.31 Å². The monoisotopic (exact) mass is 430 g/mol. The largest absolute Gasteiger partial charge is 0.347 e. The Labute approximate surface area is 180 Å². The maximum atomic E-state index is 13.3. The molecule has 1 aromatic rings. The predicted octanol–water partition coefficient (Wildman–Crippen LogP) is 4.26. The quantitative estimate of drug-likeness (QED) is 0.776. The van der Waals surface area contributed by atoms with Gasteiger partial charge in [-0.15, -0.1) is 0 Å². The summed E-state index contributed by atoms with van der Waals surface area (Å²) in [6.07, 6.45) is 11.2. The molecule has 1 amide bonds.